The van der Waals surface area contributed by atoms with Gasteiger partial charge in [-0.2, -0.15) is 0 Å². The number of carboxylic acids is 1. The van der Waals surface area contributed by atoms with Crippen molar-refractivity contribution in [3.8, 4) is 0 Å². The molecule has 0 bridgehead atoms. The van der Waals surface area contributed by atoms with Crippen molar-refractivity contribution in [3.63, 3.8) is 0 Å². The maximum Gasteiger partial charge on any atom is 0.288 e. The summed E-state index contributed by atoms with van der Waals surface area (Å²) in [5, 5.41) is 20.6. The van der Waals surface area contributed by atoms with Gasteiger partial charge in [-0.15, -0.1) is 0 Å². The predicted octanol–water partition coefficient (Wildman–Crippen LogP) is -4.89. The van der Waals surface area contributed by atoms with Crippen molar-refractivity contribution in [1.29, 1.82) is 0 Å². The van der Waals surface area contributed by atoms with Crippen LogP contribution in [0.1, 0.15) is 39.0 Å². The Morgan fingerprint density at radius 3 is 2.47 bits per heavy atom. The molecule has 0 rings (SSSR count). The van der Waals surface area contributed by atoms with Crippen LogP contribution in [0.4, 0.5) is 0 Å². The molecule has 30 heavy (non-hydrogen) atoms. The van der Waals surface area contributed by atoms with Gasteiger partial charge in [0.25, 0.3) is 7.52 Å². The molecule has 0 saturated carbocycles. The normalized spacial score (nSPS) is 15.1. The van der Waals surface area contributed by atoms with E-state index >= 15 is 0 Å². The molecule has 0 aromatic carbocycles. The first-order chi connectivity index (χ1) is 14.1. The van der Waals surface area contributed by atoms with E-state index in [9.17, 15) is 24.1 Å². The lowest BCUT2D eigenvalue weighted by atomic mass is 10.1. The zero-order valence-electron chi connectivity index (χ0n) is 18.1. The van der Waals surface area contributed by atoms with E-state index in [0.29, 0.717) is 6.54 Å². The highest BCUT2D eigenvalue weighted by molar-refractivity contribution is 7.56. The third-order valence-electron chi connectivity index (χ3n) is 4.43. The van der Waals surface area contributed by atoms with Gasteiger partial charge in [0, 0.05) is 45.8 Å². The number of nitrogens with one attached hydrogen (secondary N) is 3. The second-order valence-corrected chi connectivity index (χ2v) is 9.43. The number of carbonyl (C=O) groups excluding carboxylic acids is 3. The maximum absolute atomic E-state index is 12.6. The average Bonchev–Trinajstić information content (AvgIpc) is 2.71. The summed E-state index contributed by atoms with van der Waals surface area (Å²) in [6.45, 7) is 4.85. The molecule has 2 amide bonds. The summed E-state index contributed by atoms with van der Waals surface area (Å²) >= 11 is 0. The number of aliphatic carboxylic acids is 1. The van der Waals surface area contributed by atoms with Crippen molar-refractivity contribution in [2.75, 3.05) is 39.6 Å². The molecule has 176 valence electrons. The fraction of sp³-hybridized carbons (Fsp3) is 0.824. The Kier molecular flexibility index (Phi) is 15.3. The molecule has 13 heteroatoms. The lowest BCUT2D eigenvalue weighted by Gasteiger charge is -2.20. The first kappa shape index (κ1) is 28.4. The molecular formula is C17H39N6O6P+2. The molecule has 0 radical (unpaired) electrons. The van der Waals surface area contributed by atoms with E-state index in [1.165, 1.54) is 14.0 Å². The molecule has 11 N–H and O–H groups in total. The van der Waals surface area contributed by atoms with Crippen LogP contribution in [-0.2, 0) is 23.5 Å². The van der Waals surface area contributed by atoms with Gasteiger partial charge >= 0.3 is 0 Å². The molecule has 0 saturated heterocycles. The van der Waals surface area contributed by atoms with Crippen LogP contribution in [0.5, 0.6) is 0 Å². The Morgan fingerprint density at radius 1 is 1.20 bits per heavy atom. The van der Waals surface area contributed by atoms with Crippen LogP contribution >= 0.6 is 7.52 Å². The summed E-state index contributed by atoms with van der Waals surface area (Å²) in [6, 6.07) is -1.87. The van der Waals surface area contributed by atoms with Crippen LogP contribution in [0.25, 0.3) is 0 Å². The third kappa shape index (κ3) is 13.6. The highest BCUT2D eigenvalue weighted by Gasteiger charge is 2.24. The van der Waals surface area contributed by atoms with Crippen LogP contribution in [0, 0.1) is 0 Å². The van der Waals surface area contributed by atoms with Gasteiger partial charge in [0.1, 0.15) is 18.4 Å². The number of amides is 2. The van der Waals surface area contributed by atoms with Gasteiger partial charge in [-0.25, -0.2) is 5.09 Å². The summed E-state index contributed by atoms with van der Waals surface area (Å²) in [4.78, 5) is 34.5. The van der Waals surface area contributed by atoms with Gasteiger partial charge in [-0.1, -0.05) is 0 Å². The molecule has 0 aromatic rings. The number of hydrogen-bond acceptors (Lipinski definition) is 6. The summed E-state index contributed by atoms with van der Waals surface area (Å²) in [5.74, 6) is -2.33. The molecule has 3 atom stereocenters. The second-order valence-electron chi connectivity index (χ2n) is 7.09. The Labute approximate surface area is 177 Å². The van der Waals surface area contributed by atoms with Gasteiger partial charge < -0.3 is 41.8 Å². The molecule has 0 aromatic heterocycles. The Bertz CT molecular complexity index is 579. The topological polar surface area (TPSA) is 209 Å². The second kappa shape index (κ2) is 16.2. The molecule has 0 aliphatic carbocycles. The van der Waals surface area contributed by atoms with Crippen molar-refractivity contribution in [3.05, 3.63) is 0 Å². The standard InChI is InChI=1S/C17H37N6O6P/c1-13(23-15(24)7-6-14(19)17(26)27)16(25)21-12-30(28,29-2)22-11-5-10-20-9-4-3-8-18/h13-14,20H,3-12,18-19H2,1-2H3,(H,21,25)(H,22,28)(H,23,24)(H,26,27)/p+2/t13-,14-,30?/m0/s1. The van der Waals surface area contributed by atoms with E-state index in [4.69, 9.17) is 4.52 Å². The van der Waals surface area contributed by atoms with E-state index in [1.807, 2.05) is 0 Å². The zero-order valence-corrected chi connectivity index (χ0v) is 19.0. The van der Waals surface area contributed by atoms with E-state index < -0.39 is 37.4 Å². The predicted molar refractivity (Wildman–Crippen MR) is 107 cm³/mol. The molecular weight excluding hydrogens is 415 g/mol. The average molecular weight is 455 g/mol. The molecule has 0 fully saturated rings. The van der Waals surface area contributed by atoms with Gasteiger partial charge in [-0.3, -0.25) is 14.2 Å². The quantitative estimate of drug-likeness (QED) is 0.0877. The van der Waals surface area contributed by atoms with E-state index in [0.717, 1.165) is 38.9 Å². The molecule has 12 nitrogen and oxygen atoms in total. The zero-order chi connectivity index (χ0) is 23.0. The minimum absolute atomic E-state index is 0.0124. The molecule has 1 unspecified atom stereocenters. The van der Waals surface area contributed by atoms with Crippen LogP contribution in [0.15, 0.2) is 0 Å². The van der Waals surface area contributed by atoms with Crippen molar-refractivity contribution >= 4 is 25.3 Å². The maximum atomic E-state index is 12.6. The minimum Gasteiger partial charge on any atom is -0.544 e. The lowest BCUT2D eigenvalue weighted by Crippen LogP contribution is -2.84. The van der Waals surface area contributed by atoms with E-state index in [-0.39, 0.29) is 19.1 Å². The first-order valence-electron chi connectivity index (χ1n) is 10.3. The van der Waals surface area contributed by atoms with Gasteiger partial charge in [0.2, 0.25) is 11.8 Å². The largest absolute Gasteiger partial charge is 0.544 e. The Balaban J connectivity index is 4.16. The number of nitrogens with two attached hydrogens (primary N) is 1. The van der Waals surface area contributed by atoms with E-state index in [1.54, 1.807) is 0 Å². The Morgan fingerprint density at radius 2 is 1.87 bits per heavy atom. The van der Waals surface area contributed by atoms with Gasteiger partial charge in [0.15, 0.2) is 0 Å². The number of rotatable bonds is 18. The smallest absolute Gasteiger partial charge is 0.288 e. The number of carboxylic acid groups (broad SMARTS) is 1. The highest BCUT2D eigenvalue weighted by Crippen LogP contribution is 2.39. The number of quaternary nitrogens is 3. The molecule has 0 aliphatic rings. The van der Waals surface area contributed by atoms with Crippen LogP contribution in [-0.4, -0.2) is 69.4 Å². The Hall–Kier alpha value is -1.56. The van der Waals surface area contributed by atoms with Crippen molar-refractivity contribution in [2.45, 2.75) is 51.1 Å². The van der Waals surface area contributed by atoms with E-state index in [2.05, 4.69) is 32.5 Å². The lowest BCUT2D eigenvalue weighted by molar-refractivity contribution is -0.655. The molecule has 0 aliphatic heterocycles. The monoisotopic (exact) mass is 454 g/mol. The van der Waals surface area contributed by atoms with Gasteiger partial charge in [-0.05, 0) is 6.92 Å². The summed E-state index contributed by atoms with van der Waals surface area (Å²) < 4.78 is 17.7. The fourth-order valence-corrected chi connectivity index (χ4v) is 3.66. The first-order valence-corrected chi connectivity index (χ1v) is 12.1. The van der Waals surface area contributed by atoms with Crippen molar-refractivity contribution in [1.82, 2.24) is 15.7 Å². The van der Waals surface area contributed by atoms with Crippen LogP contribution in [0.3, 0.4) is 0 Å². The van der Waals surface area contributed by atoms with Crippen molar-refractivity contribution in [2.24, 2.45) is 0 Å². The number of hydrogen-bond donors (Lipinski definition) is 6. The minimum atomic E-state index is -3.23. The van der Waals surface area contributed by atoms with Crippen LogP contribution < -0.4 is 37.6 Å². The molecule has 0 spiro atoms. The highest BCUT2D eigenvalue weighted by atomic mass is 31.2. The SMILES string of the molecule is COP(=O)(CNC(=O)[C@H](C)NC(=O)CC[C@H]([NH3+])C(=O)[O-])NCCC[NH2+]CCCC[NH3+]. The van der Waals surface area contributed by atoms with Gasteiger partial charge in [0.05, 0.1) is 25.6 Å². The fourth-order valence-electron chi connectivity index (χ4n) is 2.43. The summed E-state index contributed by atoms with van der Waals surface area (Å²) in [6.07, 6.45) is 2.75. The summed E-state index contributed by atoms with van der Waals surface area (Å²) in [7, 11) is -1.92. The molecule has 0 heterocycles. The van der Waals surface area contributed by atoms with Crippen LogP contribution in [0.2, 0.25) is 0 Å². The summed E-state index contributed by atoms with van der Waals surface area (Å²) in [5.41, 5.74) is 7.17. The third-order valence-corrected chi connectivity index (χ3v) is 6.30. The van der Waals surface area contributed by atoms with Crippen molar-refractivity contribution < 1.29 is 45.4 Å². The number of unbranched alkanes of at least 4 members (excludes halogenated alkanes) is 1. The number of carbonyl (C=O) groups is 3.